The van der Waals surface area contributed by atoms with E-state index < -0.39 is 8.07 Å². The molecule has 1 aliphatic carbocycles. The normalized spacial score (nSPS) is 29.8. The summed E-state index contributed by atoms with van der Waals surface area (Å²) in [5.74, 6) is 1.06. The Labute approximate surface area is 146 Å². The van der Waals surface area contributed by atoms with Crippen molar-refractivity contribution in [3.8, 4) is 0 Å². The minimum Gasteiger partial charge on any atom is -0.370 e. The highest BCUT2D eigenvalue weighted by atomic mass is 28.3. The van der Waals surface area contributed by atoms with Gasteiger partial charge in [-0.2, -0.15) is 0 Å². The van der Waals surface area contributed by atoms with Gasteiger partial charge in [0.25, 0.3) is 0 Å². The van der Waals surface area contributed by atoms with E-state index in [9.17, 15) is 4.79 Å². The summed E-state index contributed by atoms with van der Waals surface area (Å²) in [6.07, 6.45) is 4.33. The zero-order valence-corrected chi connectivity index (χ0v) is 16.2. The van der Waals surface area contributed by atoms with E-state index in [-0.39, 0.29) is 23.2 Å². The van der Waals surface area contributed by atoms with Gasteiger partial charge >= 0.3 is 0 Å². The number of ether oxygens (including phenoxy) is 1. The fourth-order valence-electron chi connectivity index (χ4n) is 4.39. The van der Waals surface area contributed by atoms with E-state index in [0.717, 1.165) is 0 Å². The molecule has 3 atom stereocenters. The molecule has 3 heteroatoms. The summed E-state index contributed by atoms with van der Waals surface area (Å²) in [4.78, 5) is 12.1. The Morgan fingerprint density at radius 2 is 1.96 bits per heavy atom. The Balaban J connectivity index is 1.94. The first-order chi connectivity index (χ1) is 11.3. The molecule has 2 nitrogen and oxygen atoms in total. The number of benzene rings is 1. The molecule has 0 unspecified atom stereocenters. The third-order valence-corrected chi connectivity index (χ3v) is 9.93. The number of carbonyl (C=O) groups is 1. The average Bonchev–Trinajstić information content (AvgIpc) is 2.94. The van der Waals surface area contributed by atoms with Crippen LogP contribution < -0.4 is 5.19 Å². The first kappa shape index (κ1) is 17.4. The van der Waals surface area contributed by atoms with Crippen LogP contribution in [0.1, 0.15) is 20.3 Å². The van der Waals surface area contributed by atoms with Crippen molar-refractivity contribution in [1.29, 1.82) is 0 Å². The molecule has 1 aliphatic heterocycles. The van der Waals surface area contributed by atoms with Crippen molar-refractivity contribution >= 4 is 19.0 Å². The standard InChI is InChI=1S/C21H28O2Si/c1-15(2)21-12-11-17(22)13-20(21)19(14-23-21)16(3)24(4,5)18-9-7-6-8-10-18/h6-12,15,19-20H,3,13-14H2,1-2,4-5H3/t19-,20+,21-/m0/s1. The molecule has 0 N–H and O–H groups in total. The third kappa shape index (κ3) is 2.64. The summed E-state index contributed by atoms with van der Waals surface area (Å²) in [6.45, 7) is 14.3. The molecule has 2 aliphatic rings. The second kappa shape index (κ2) is 6.12. The number of carbonyl (C=O) groups excluding carboxylic acids is 1. The molecule has 0 aromatic heterocycles. The molecule has 0 saturated carbocycles. The Morgan fingerprint density at radius 1 is 1.29 bits per heavy atom. The zero-order chi connectivity index (χ0) is 17.5. The number of hydrogen-bond donors (Lipinski definition) is 0. The predicted molar refractivity (Wildman–Crippen MR) is 102 cm³/mol. The van der Waals surface area contributed by atoms with E-state index in [1.807, 2.05) is 6.08 Å². The van der Waals surface area contributed by atoms with Gasteiger partial charge in [-0.1, -0.05) is 67.7 Å². The van der Waals surface area contributed by atoms with Crippen molar-refractivity contribution in [2.24, 2.45) is 17.8 Å². The first-order valence-electron chi connectivity index (χ1n) is 8.90. The Bertz CT molecular complexity index is 674. The van der Waals surface area contributed by atoms with Crippen LogP contribution >= 0.6 is 0 Å². The number of ketones is 1. The number of allylic oxidation sites excluding steroid dienone is 1. The van der Waals surface area contributed by atoms with E-state index in [0.29, 0.717) is 18.9 Å². The van der Waals surface area contributed by atoms with E-state index in [1.165, 1.54) is 10.4 Å². The molecule has 1 saturated heterocycles. The molecule has 3 rings (SSSR count). The van der Waals surface area contributed by atoms with Crippen LogP contribution in [0.25, 0.3) is 0 Å². The maximum atomic E-state index is 12.1. The smallest absolute Gasteiger partial charge is 0.155 e. The molecule has 1 fully saturated rings. The maximum Gasteiger partial charge on any atom is 0.155 e. The van der Waals surface area contributed by atoms with Crippen molar-refractivity contribution in [1.82, 2.24) is 0 Å². The molecule has 1 heterocycles. The minimum absolute atomic E-state index is 0.220. The molecule has 0 radical (unpaired) electrons. The van der Waals surface area contributed by atoms with Gasteiger partial charge in [-0.3, -0.25) is 4.79 Å². The van der Waals surface area contributed by atoms with Crippen LogP contribution in [0.15, 0.2) is 54.3 Å². The maximum absolute atomic E-state index is 12.1. The van der Waals surface area contributed by atoms with Crippen LogP contribution in [0.5, 0.6) is 0 Å². The van der Waals surface area contributed by atoms with Crippen LogP contribution in [0.2, 0.25) is 13.1 Å². The summed E-state index contributed by atoms with van der Waals surface area (Å²) in [6, 6.07) is 10.7. The Kier molecular flexibility index (Phi) is 4.43. The van der Waals surface area contributed by atoms with Crippen molar-refractivity contribution in [2.45, 2.75) is 39.0 Å². The summed E-state index contributed by atoms with van der Waals surface area (Å²) >= 11 is 0. The summed E-state index contributed by atoms with van der Waals surface area (Å²) < 4.78 is 6.34. The third-order valence-electron chi connectivity index (χ3n) is 6.18. The topological polar surface area (TPSA) is 26.3 Å². The molecule has 1 aromatic carbocycles. The number of fused-ring (bicyclic) bond motifs is 1. The minimum atomic E-state index is -1.82. The van der Waals surface area contributed by atoms with Gasteiger partial charge in [0.05, 0.1) is 12.2 Å². The van der Waals surface area contributed by atoms with Gasteiger partial charge in [0, 0.05) is 18.3 Å². The monoisotopic (exact) mass is 340 g/mol. The van der Waals surface area contributed by atoms with E-state index in [1.54, 1.807) is 6.08 Å². The van der Waals surface area contributed by atoms with Crippen molar-refractivity contribution in [3.05, 3.63) is 54.3 Å². The molecule has 0 spiro atoms. The highest BCUT2D eigenvalue weighted by molar-refractivity contribution is 6.95. The molecule has 1 aromatic rings. The van der Waals surface area contributed by atoms with Crippen molar-refractivity contribution in [3.63, 3.8) is 0 Å². The summed E-state index contributed by atoms with van der Waals surface area (Å²) in [7, 11) is -1.82. The lowest BCUT2D eigenvalue weighted by Gasteiger charge is -2.40. The van der Waals surface area contributed by atoms with Gasteiger partial charge in [-0.25, -0.2) is 0 Å². The molecular weight excluding hydrogens is 312 g/mol. The molecule has 0 amide bonds. The number of hydrogen-bond acceptors (Lipinski definition) is 2. The van der Waals surface area contributed by atoms with E-state index >= 15 is 0 Å². The highest BCUT2D eigenvalue weighted by Crippen LogP contribution is 2.49. The average molecular weight is 341 g/mol. The highest BCUT2D eigenvalue weighted by Gasteiger charge is 2.54. The van der Waals surface area contributed by atoms with Crippen LogP contribution in [0, 0.1) is 17.8 Å². The molecular formula is C21H28O2Si. The fraction of sp³-hybridized carbons (Fsp3) is 0.476. The van der Waals surface area contributed by atoms with Gasteiger partial charge in [-0.05, 0) is 18.1 Å². The molecule has 0 bridgehead atoms. The lowest BCUT2D eigenvalue weighted by Crippen LogP contribution is -2.49. The van der Waals surface area contributed by atoms with Gasteiger partial charge in [0.1, 0.15) is 8.07 Å². The summed E-state index contributed by atoms with van der Waals surface area (Å²) in [5.41, 5.74) is -0.303. The van der Waals surface area contributed by atoms with E-state index in [2.05, 4.69) is 63.9 Å². The van der Waals surface area contributed by atoms with Crippen LogP contribution in [0.3, 0.4) is 0 Å². The predicted octanol–water partition coefficient (Wildman–Crippen LogP) is 3.88. The van der Waals surface area contributed by atoms with E-state index in [4.69, 9.17) is 4.74 Å². The van der Waals surface area contributed by atoms with Crippen LogP contribution in [0.4, 0.5) is 0 Å². The molecule has 128 valence electrons. The fourth-order valence-corrected chi connectivity index (χ4v) is 7.00. The van der Waals surface area contributed by atoms with Crippen LogP contribution in [-0.2, 0) is 9.53 Å². The van der Waals surface area contributed by atoms with Crippen molar-refractivity contribution in [2.75, 3.05) is 6.61 Å². The Morgan fingerprint density at radius 3 is 2.58 bits per heavy atom. The zero-order valence-electron chi connectivity index (χ0n) is 15.2. The van der Waals surface area contributed by atoms with Gasteiger partial charge in [0.15, 0.2) is 5.78 Å². The van der Waals surface area contributed by atoms with Gasteiger partial charge in [0.2, 0.25) is 0 Å². The lowest BCUT2D eigenvalue weighted by molar-refractivity contribution is -0.118. The first-order valence-corrected chi connectivity index (χ1v) is 11.9. The quantitative estimate of drug-likeness (QED) is 0.778. The van der Waals surface area contributed by atoms with Crippen LogP contribution in [-0.4, -0.2) is 26.1 Å². The number of rotatable bonds is 4. The largest absolute Gasteiger partial charge is 0.370 e. The Hall–Kier alpha value is -1.45. The molecule has 24 heavy (non-hydrogen) atoms. The van der Waals surface area contributed by atoms with Gasteiger partial charge < -0.3 is 4.74 Å². The van der Waals surface area contributed by atoms with Crippen molar-refractivity contribution < 1.29 is 9.53 Å². The second-order valence-electron chi connectivity index (χ2n) is 8.05. The lowest BCUT2D eigenvalue weighted by atomic mass is 9.69. The second-order valence-corrected chi connectivity index (χ2v) is 12.5. The SMILES string of the molecule is C=C([C@@H]1CO[C@]2(C(C)C)C=CC(=O)C[C@H]12)[Si](C)(C)c1ccccc1. The van der Waals surface area contributed by atoms with Gasteiger partial charge in [-0.15, -0.1) is 6.58 Å². The summed E-state index contributed by atoms with van der Waals surface area (Å²) in [5, 5.41) is 2.71.